The van der Waals surface area contributed by atoms with Crippen LogP contribution in [0.1, 0.15) is 31.2 Å². The molecule has 4 heteroatoms. The van der Waals surface area contributed by atoms with Crippen LogP contribution in [0, 0.1) is 11.6 Å². The molecule has 0 saturated heterocycles. The molecule has 0 bridgehead atoms. The molecule has 1 aromatic rings. The molecule has 0 spiro atoms. The van der Waals surface area contributed by atoms with E-state index in [1.54, 1.807) is 6.07 Å². The van der Waals surface area contributed by atoms with E-state index in [0.29, 0.717) is 12.0 Å². The predicted molar refractivity (Wildman–Crippen MR) is 67.7 cm³/mol. The highest BCUT2D eigenvalue weighted by Crippen LogP contribution is 2.23. The van der Waals surface area contributed by atoms with Crippen LogP contribution in [0.2, 0.25) is 0 Å². The number of allylic oxidation sites excluding steroid dienone is 1. The zero-order valence-corrected chi connectivity index (χ0v) is 10.3. The van der Waals surface area contributed by atoms with Gasteiger partial charge in [0.15, 0.2) is 11.6 Å². The maximum Gasteiger partial charge on any atom is 0.162 e. The summed E-state index contributed by atoms with van der Waals surface area (Å²) in [4.78, 5) is 0. The van der Waals surface area contributed by atoms with Crippen molar-refractivity contribution in [3.63, 3.8) is 0 Å². The largest absolute Gasteiger partial charge is 0.271 e. The Morgan fingerprint density at radius 3 is 2.78 bits per heavy atom. The highest BCUT2D eigenvalue weighted by molar-refractivity contribution is 5.24. The Bertz CT molecular complexity index is 443. The van der Waals surface area contributed by atoms with Gasteiger partial charge in [-0.15, -0.1) is 0 Å². The molecule has 18 heavy (non-hydrogen) atoms. The Kier molecular flexibility index (Phi) is 4.44. The van der Waals surface area contributed by atoms with Crippen LogP contribution in [0.3, 0.4) is 0 Å². The second-order valence-corrected chi connectivity index (χ2v) is 4.66. The van der Waals surface area contributed by atoms with Gasteiger partial charge < -0.3 is 0 Å². The molecule has 1 atom stereocenters. The van der Waals surface area contributed by atoms with Crippen LogP contribution in [0.4, 0.5) is 8.78 Å². The zero-order chi connectivity index (χ0) is 13.0. The fourth-order valence-electron chi connectivity index (χ4n) is 2.40. The van der Waals surface area contributed by atoms with E-state index in [4.69, 9.17) is 5.84 Å². The molecule has 1 aromatic carbocycles. The highest BCUT2D eigenvalue weighted by Gasteiger charge is 2.18. The fraction of sp³-hybridized carbons (Fsp3) is 0.429. The Morgan fingerprint density at radius 2 is 2.11 bits per heavy atom. The molecule has 0 aliphatic heterocycles. The van der Waals surface area contributed by atoms with Crippen LogP contribution in [0.25, 0.3) is 0 Å². The van der Waals surface area contributed by atoms with Gasteiger partial charge in [-0.05, 0) is 43.7 Å². The van der Waals surface area contributed by atoms with Crippen molar-refractivity contribution < 1.29 is 8.78 Å². The van der Waals surface area contributed by atoms with Gasteiger partial charge in [0.2, 0.25) is 0 Å². The lowest BCUT2D eigenvalue weighted by atomic mass is 9.90. The SMILES string of the molecule is NNC(Cc1cccc(F)c1F)C1=CCCCC1. The number of benzene rings is 1. The van der Waals surface area contributed by atoms with Crippen molar-refractivity contribution in [3.05, 3.63) is 47.0 Å². The second-order valence-electron chi connectivity index (χ2n) is 4.66. The molecule has 2 nitrogen and oxygen atoms in total. The molecule has 0 aromatic heterocycles. The van der Waals surface area contributed by atoms with Crippen molar-refractivity contribution >= 4 is 0 Å². The van der Waals surface area contributed by atoms with Crippen LogP contribution in [-0.4, -0.2) is 6.04 Å². The summed E-state index contributed by atoms with van der Waals surface area (Å²) in [6.45, 7) is 0. The first kappa shape index (κ1) is 13.2. The summed E-state index contributed by atoms with van der Waals surface area (Å²) in [6.07, 6.45) is 6.88. The fourth-order valence-corrected chi connectivity index (χ4v) is 2.40. The summed E-state index contributed by atoms with van der Waals surface area (Å²) in [5, 5.41) is 0. The molecule has 98 valence electrons. The summed E-state index contributed by atoms with van der Waals surface area (Å²) in [5.41, 5.74) is 4.28. The highest BCUT2D eigenvalue weighted by atomic mass is 19.2. The topological polar surface area (TPSA) is 38.0 Å². The number of nitrogens with one attached hydrogen (secondary N) is 1. The average Bonchev–Trinajstić information content (AvgIpc) is 2.41. The van der Waals surface area contributed by atoms with E-state index in [1.807, 2.05) is 0 Å². The Morgan fingerprint density at radius 1 is 1.28 bits per heavy atom. The molecule has 0 heterocycles. The summed E-state index contributed by atoms with van der Waals surface area (Å²) < 4.78 is 26.7. The minimum Gasteiger partial charge on any atom is -0.271 e. The van der Waals surface area contributed by atoms with E-state index in [2.05, 4.69) is 11.5 Å². The van der Waals surface area contributed by atoms with E-state index in [1.165, 1.54) is 18.1 Å². The monoisotopic (exact) mass is 252 g/mol. The van der Waals surface area contributed by atoms with Gasteiger partial charge in [0.05, 0.1) is 0 Å². The van der Waals surface area contributed by atoms with Gasteiger partial charge in [0, 0.05) is 6.04 Å². The maximum absolute atomic E-state index is 13.6. The van der Waals surface area contributed by atoms with Crippen LogP contribution in [-0.2, 0) is 6.42 Å². The quantitative estimate of drug-likeness (QED) is 0.491. The summed E-state index contributed by atoms with van der Waals surface area (Å²) >= 11 is 0. The summed E-state index contributed by atoms with van der Waals surface area (Å²) in [7, 11) is 0. The minimum atomic E-state index is -0.805. The first-order chi connectivity index (χ1) is 8.72. The van der Waals surface area contributed by atoms with E-state index < -0.39 is 11.6 Å². The molecule has 2 rings (SSSR count). The molecule has 3 N–H and O–H groups in total. The lowest BCUT2D eigenvalue weighted by Gasteiger charge is -2.22. The maximum atomic E-state index is 13.6. The molecule has 1 aliphatic rings. The van der Waals surface area contributed by atoms with Crippen LogP contribution < -0.4 is 11.3 Å². The molecule has 0 fully saturated rings. The number of hydrogen-bond donors (Lipinski definition) is 2. The predicted octanol–water partition coefficient (Wildman–Crippen LogP) is 2.84. The average molecular weight is 252 g/mol. The molecular weight excluding hydrogens is 234 g/mol. The molecule has 0 saturated carbocycles. The van der Waals surface area contributed by atoms with Gasteiger partial charge in [-0.2, -0.15) is 0 Å². The first-order valence-corrected chi connectivity index (χ1v) is 6.30. The van der Waals surface area contributed by atoms with E-state index in [-0.39, 0.29) is 6.04 Å². The van der Waals surface area contributed by atoms with Crippen molar-refractivity contribution in [2.75, 3.05) is 0 Å². The summed E-state index contributed by atoms with van der Waals surface area (Å²) in [5.74, 6) is 3.96. The lowest BCUT2D eigenvalue weighted by molar-refractivity contribution is 0.483. The Labute approximate surface area is 106 Å². The van der Waals surface area contributed by atoms with Crippen molar-refractivity contribution in [1.29, 1.82) is 0 Å². The third kappa shape index (κ3) is 2.94. The van der Waals surface area contributed by atoms with Crippen molar-refractivity contribution in [2.24, 2.45) is 5.84 Å². The van der Waals surface area contributed by atoms with Gasteiger partial charge in [-0.25, -0.2) is 8.78 Å². The third-order valence-electron chi connectivity index (χ3n) is 3.43. The van der Waals surface area contributed by atoms with Crippen molar-refractivity contribution in [2.45, 2.75) is 38.1 Å². The van der Waals surface area contributed by atoms with Gasteiger partial charge in [0.25, 0.3) is 0 Å². The summed E-state index contributed by atoms with van der Waals surface area (Å²) in [6, 6.07) is 4.15. The number of nitrogens with two attached hydrogens (primary N) is 1. The normalized spacial score (nSPS) is 17.4. The minimum absolute atomic E-state index is 0.110. The number of hydrogen-bond acceptors (Lipinski definition) is 2. The molecule has 0 radical (unpaired) electrons. The second kappa shape index (κ2) is 6.07. The van der Waals surface area contributed by atoms with Crippen LogP contribution in [0.15, 0.2) is 29.8 Å². The molecule has 1 aliphatic carbocycles. The third-order valence-corrected chi connectivity index (χ3v) is 3.43. The van der Waals surface area contributed by atoms with Gasteiger partial charge in [0.1, 0.15) is 0 Å². The van der Waals surface area contributed by atoms with Gasteiger partial charge in [-0.3, -0.25) is 11.3 Å². The van der Waals surface area contributed by atoms with Gasteiger partial charge >= 0.3 is 0 Å². The molecule has 1 unspecified atom stereocenters. The van der Waals surface area contributed by atoms with E-state index >= 15 is 0 Å². The Hall–Kier alpha value is -1.26. The first-order valence-electron chi connectivity index (χ1n) is 6.30. The zero-order valence-electron chi connectivity index (χ0n) is 10.3. The number of rotatable bonds is 4. The smallest absolute Gasteiger partial charge is 0.162 e. The van der Waals surface area contributed by atoms with E-state index in [0.717, 1.165) is 25.3 Å². The van der Waals surface area contributed by atoms with Crippen LogP contribution >= 0.6 is 0 Å². The van der Waals surface area contributed by atoms with Crippen molar-refractivity contribution in [3.8, 4) is 0 Å². The number of halogens is 2. The van der Waals surface area contributed by atoms with E-state index in [9.17, 15) is 8.78 Å². The van der Waals surface area contributed by atoms with Gasteiger partial charge in [-0.1, -0.05) is 23.8 Å². The van der Waals surface area contributed by atoms with Crippen molar-refractivity contribution in [1.82, 2.24) is 5.43 Å². The standard InChI is InChI=1S/C14H18F2N2/c15-12-8-4-7-11(14(12)16)9-13(18-17)10-5-2-1-3-6-10/h4-5,7-8,13,18H,1-3,6,9,17H2. The van der Waals surface area contributed by atoms with Crippen LogP contribution in [0.5, 0.6) is 0 Å². The Balaban J connectivity index is 2.15. The number of hydrazine groups is 1. The lowest BCUT2D eigenvalue weighted by Crippen LogP contribution is -2.39. The molecular formula is C14H18F2N2. The molecule has 0 amide bonds.